The normalized spacial score (nSPS) is 12.7. The monoisotopic (exact) mass is 260 g/mol. The molecule has 0 fully saturated rings. The summed E-state index contributed by atoms with van der Waals surface area (Å²) in [6.07, 6.45) is 2.78. The Hall–Kier alpha value is -0.610. The standard InChI is InChI=1S/C14H28O4/c1-5-13(6-2,9-15)10-18-11-14(7-3,8-4)12(16)17/h15H,5-11H2,1-4H3,(H,16,17). The van der Waals surface area contributed by atoms with E-state index in [1.165, 1.54) is 0 Å². The molecule has 0 aromatic rings. The SMILES string of the molecule is CCC(CC)(CO)COCC(CC)(CC)C(=O)O. The summed E-state index contributed by atoms with van der Waals surface area (Å²) < 4.78 is 5.64. The van der Waals surface area contributed by atoms with E-state index < -0.39 is 11.4 Å². The van der Waals surface area contributed by atoms with E-state index in [1.54, 1.807) is 0 Å². The summed E-state index contributed by atoms with van der Waals surface area (Å²) in [5, 5.41) is 18.7. The first kappa shape index (κ1) is 17.4. The van der Waals surface area contributed by atoms with E-state index in [-0.39, 0.29) is 18.6 Å². The third-order valence-corrected chi connectivity index (χ3v) is 4.43. The van der Waals surface area contributed by atoms with Crippen LogP contribution in [0.15, 0.2) is 0 Å². The van der Waals surface area contributed by atoms with Gasteiger partial charge in [0, 0.05) is 5.41 Å². The number of rotatable bonds is 10. The van der Waals surface area contributed by atoms with Gasteiger partial charge >= 0.3 is 5.97 Å². The maximum Gasteiger partial charge on any atom is 0.311 e. The molecule has 4 nitrogen and oxygen atoms in total. The molecule has 0 saturated heterocycles. The minimum Gasteiger partial charge on any atom is -0.481 e. The van der Waals surface area contributed by atoms with Gasteiger partial charge < -0.3 is 14.9 Å². The molecule has 0 heterocycles. The van der Waals surface area contributed by atoms with Gasteiger partial charge in [0.15, 0.2) is 0 Å². The van der Waals surface area contributed by atoms with Crippen LogP contribution >= 0.6 is 0 Å². The maximum absolute atomic E-state index is 11.3. The van der Waals surface area contributed by atoms with E-state index in [9.17, 15) is 15.0 Å². The van der Waals surface area contributed by atoms with E-state index >= 15 is 0 Å². The Morgan fingerprint density at radius 3 is 1.78 bits per heavy atom. The first-order valence-corrected chi connectivity index (χ1v) is 6.87. The summed E-state index contributed by atoms with van der Waals surface area (Å²) in [7, 11) is 0. The molecule has 0 rings (SSSR count). The van der Waals surface area contributed by atoms with Gasteiger partial charge in [-0.15, -0.1) is 0 Å². The molecule has 0 unspecified atom stereocenters. The van der Waals surface area contributed by atoms with Gasteiger partial charge in [0.2, 0.25) is 0 Å². The highest BCUT2D eigenvalue weighted by Crippen LogP contribution is 2.30. The van der Waals surface area contributed by atoms with Crippen molar-refractivity contribution < 1.29 is 19.7 Å². The van der Waals surface area contributed by atoms with Crippen molar-refractivity contribution in [3.63, 3.8) is 0 Å². The molecule has 0 spiro atoms. The van der Waals surface area contributed by atoms with Crippen molar-refractivity contribution in [3.05, 3.63) is 0 Å². The third-order valence-electron chi connectivity index (χ3n) is 4.43. The molecule has 0 aliphatic carbocycles. The molecule has 0 aromatic carbocycles. The van der Waals surface area contributed by atoms with Gasteiger partial charge in [-0.2, -0.15) is 0 Å². The highest BCUT2D eigenvalue weighted by Gasteiger charge is 2.36. The number of carbonyl (C=O) groups is 1. The van der Waals surface area contributed by atoms with Crippen LogP contribution in [0.3, 0.4) is 0 Å². The highest BCUT2D eigenvalue weighted by molar-refractivity contribution is 5.74. The number of aliphatic hydroxyl groups excluding tert-OH is 1. The van der Waals surface area contributed by atoms with Crippen LogP contribution in [0.4, 0.5) is 0 Å². The zero-order chi connectivity index (χ0) is 14.2. The van der Waals surface area contributed by atoms with Gasteiger partial charge in [-0.05, 0) is 25.7 Å². The molecular weight excluding hydrogens is 232 g/mol. The first-order chi connectivity index (χ1) is 8.45. The average Bonchev–Trinajstić information content (AvgIpc) is 2.40. The number of carboxylic acid groups (broad SMARTS) is 1. The molecule has 0 saturated carbocycles. The quantitative estimate of drug-likeness (QED) is 0.634. The lowest BCUT2D eigenvalue weighted by Crippen LogP contribution is -2.37. The zero-order valence-electron chi connectivity index (χ0n) is 12.2. The molecule has 0 bridgehead atoms. The molecule has 0 amide bonds. The minimum atomic E-state index is -0.796. The summed E-state index contributed by atoms with van der Waals surface area (Å²) in [6.45, 7) is 8.51. The van der Waals surface area contributed by atoms with Crippen LogP contribution < -0.4 is 0 Å². The van der Waals surface area contributed by atoms with Crippen LogP contribution in [0.5, 0.6) is 0 Å². The van der Waals surface area contributed by atoms with Crippen LogP contribution in [0, 0.1) is 10.8 Å². The largest absolute Gasteiger partial charge is 0.481 e. The van der Waals surface area contributed by atoms with Gasteiger partial charge in [0.25, 0.3) is 0 Å². The Balaban J connectivity index is 4.51. The van der Waals surface area contributed by atoms with E-state index in [1.807, 2.05) is 27.7 Å². The minimum absolute atomic E-state index is 0.0817. The fourth-order valence-electron chi connectivity index (χ4n) is 2.00. The molecule has 0 aromatic heterocycles. The average molecular weight is 260 g/mol. The van der Waals surface area contributed by atoms with E-state index in [2.05, 4.69) is 0 Å². The molecule has 18 heavy (non-hydrogen) atoms. The second kappa shape index (κ2) is 7.74. The van der Waals surface area contributed by atoms with Crippen molar-refractivity contribution in [2.24, 2.45) is 10.8 Å². The number of aliphatic hydroxyl groups is 1. The van der Waals surface area contributed by atoms with Gasteiger partial charge in [-0.1, -0.05) is 27.7 Å². The molecule has 0 atom stereocenters. The molecule has 0 radical (unpaired) electrons. The highest BCUT2D eigenvalue weighted by atomic mass is 16.5. The predicted molar refractivity (Wildman–Crippen MR) is 71.6 cm³/mol. The van der Waals surface area contributed by atoms with Crippen LogP contribution in [-0.4, -0.2) is 36.0 Å². The van der Waals surface area contributed by atoms with Crippen molar-refractivity contribution in [1.29, 1.82) is 0 Å². The van der Waals surface area contributed by atoms with Gasteiger partial charge in [0.1, 0.15) is 0 Å². The topological polar surface area (TPSA) is 66.8 Å². The smallest absolute Gasteiger partial charge is 0.311 e. The Morgan fingerprint density at radius 1 is 1.00 bits per heavy atom. The van der Waals surface area contributed by atoms with Crippen LogP contribution in [0.1, 0.15) is 53.4 Å². The Morgan fingerprint density at radius 2 is 1.50 bits per heavy atom. The second-order valence-electron chi connectivity index (χ2n) is 5.15. The lowest BCUT2D eigenvalue weighted by atomic mass is 9.82. The zero-order valence-corrected chi connectivity index (χ0v) is 12.2. The van der Waals surface area contributed by atoms with Gasteiger partial charge in [-0.3, -0.25) is 4.79 Å². The lowest BCUT2D eigenvalue weighted by Gasteiger charge is -2.32. The first-order valence-electron chi connectivity index (χ1n) is 6.87. The summed E-state index contributed by atoms with van der Waals surface area (Å²) in [5.74, 6) is -0.796. The van der Waals surface area contributed by atoms with E-state index in [0.29, 0.717) is 19.4 Å². The lowest BCUT2D eigenvalue weighted by molar-refractivity contribution is -0.155. The molecule has 4 heteroatoms. The fourth-order valence-corrected chi connectivity index (χ4v) is 2.00. The maximum atomic E-state index is 11.3. The molecule has 2 N–H and O–H groups in total. The van der Waals surface area contributed by atoms with Gasteiger partial charge in [0.05, 0.1) is 25.2 Å². The van der Waals surface area contributed by atoms with E-state index in [0.717, 1.165) is 12.8 Å². The molecule has 0 aliphatic heterocycles. The van der Waals surface area contributed by atoms with Crippen molar-refractivity contribution in [1.82, 2.24) is 0 Å². The van der Waals surface area contributed by atoms with Crippen LogP contribution in [0.2, 0.25) is 0 Å². The van der Waals surface area contributed by atoms with E-state index in [4.69, 9.17) is 4.74 Å². The van der Waals surface area contributed by atoms with Crippen molar-refractivity contribution in [2.45, 2.75) is 53.4 Å². The summed E-state index contributed by atoms with van der Waals surface area (Å²) >= 11 is 0. The van der Waals surface area contributed by atoms with Crippen molar-refractivity contribution in [3.8, 4) is 0 Å². The summed E-state index contributed by atoms with van der Waals surface area (Å²) in [5.41, 5.74) is -1.02. The Bertz CT molecular complexity index is 234. The number of hydrogen-bond acceptors (Lipinski definition) is 3. The number of ether oxygens (including phenoxy) is 1. The van der Waals surface area contributed by atoms with Crippen molar-refractivity contribution >= 4 is 5.97 Å². The summed E-state index contributed by atoms with van der Waals surface area (Å²) in [4.78, 5) is 11.3. The van der Waals surface area contributed by atoms with Crippen LogP contribution in [-0.2, 0) is 9.53 Å². The predicted octanol–water partition coefficient (Wildman–Crippen LogP) is 2.69. The Labute approximate surface area is 110 Å². The van der Waals surface area contributed by atoms with Crippen molar-refractivity contribution in [2.75, 3.05) is 19.8 Å². The number of carboxylic acids is 1. The number of hydrogen-bond donors (Lipinski definition) is 2. The van der Waals surface area contributed by atoms with Crippen LogP contribution in [0.25, 0.3) is 0 Å². The molecule has 108 valence electrons. The third kappa shape index (κ3) is 3.95. The molecule has 0 aliphatic rings. The fraction of sp³-hybridized carbons (Fsp3) is 0.929. The number of aliphatic carboxylic acids is 1. The molecular formula is C14H28O4. The summed E-state index contributed by atoms with van der Waals surface area (Å²) in [6, 6.07) is 0. The second-order valence-corrected chi connectivity index (χ2v) is 5.15. The Kier molecular flexibility index (Phi) is 7.48. The van der Waals surface area contributed by atoms with Gasteiger partial charge in [-0.25, -0.2) is 0 Å².